The van der Waals surface area contributed by atoms with Gasteiger partial charge in [-0.05, 0) is 163 Å². The molecule has 0 saturated carbocycles. The zero-order chi connectivity index (χ0) is 47.9. The number of pyridine rings is 1. The van der Waals surface area contributed by atoms with Crippen LogP contribution >= 0.6 is 0 Å². The van der Waals surface area contributed by atoms with Crippen LogP contribution in [0.1, 0.15) is 5.56 Å². The predicted molar refractivity (Wildman–Crippen MR) is 298 cm³/mol. The number of hydrogen-bond donors (Lipinski definition) is 0. The predicted octanol–water partition coefficient (Wildman–Crippen LogP) is 17.8. The second-order valence-electron chi connectivity index (χ2n) is 18.5. The first-order valence-electron chi connectivity index (χ1n) is 24.1. The van der Waals surface area contributed by atoms with Crippen LogP contribution < -0.4 is 0 Å². The van der Waals surface area contributed by atoms with Crippen molar-refractivity contribution in [2.45, 2.75) is 0 Å². The van der Waals surface area contributed by atoms with E-state index < -0.39 is 0 Å². The van der Waals surface area contributed by atoms with Crippen LogP contribution in [0, 0.1) is 17.9 Å². The van der Waals surface area contributed by atoms with Crippen LogP contribution in [0.15, 0.2) is 237 Å². The Kier molecular flexibility index (Phi) is 9.26. The van der Waals surface area contributed by atoms with E-state index in [2.05, 4.69) is 220 Å². The molecule has 0 bridgehead atoms. The van der Waals surface area contributed by atoms with Gasteiger partial charge in [0.05, 0.1) is 51.5 Å². The number of para-hydroxylation sites is 3. The molecule has 5 nitrogen and oxygen atoms in total. The minimum atomic E-state index is 0.618. The van der Waals surface area contributed by atoms with Crippen molar-refractivity contribution >= 4 is 81.7 Å². The fourth-order valence-electron chi connectivity index (χ4n) is 11.2. The van der Waals surface area contributed by atoms with Crippen LogP contribution in [-0.2, 0) is 0 Å². The smallest absolute Gasteiger partial charge is 0.188 e. The molecule has 0 spiro atoms. The Labute approximate surface area is 414 Å². The Balaban J connectivity index is 1.02. The molecular formula is C67H39N5. The Morgan fingerprint density at radius 3 is 1.44 bits per heavy atom. The maximum absolute atomic E-state index is 10.0. The van der Waals surface area contributed by atoms with Gasteiger partial charge in [-0.3, -0.25) is 0 Å². The molecule has 0 aliphatic heterocycles. The SMILES string of the molecule is [C-]#[N+]c1ccc2c(c1)c1cc(-c3ccc4c(-c5ccccc5)c5cc(-c6ccc7c(c6)c6cc(C#N)ccc6n7-c6ccccc6)ccc5c(-c5ccc6ccccc6n5)c4c3)ccc1n2-c1ccccc1. The molecule has 0 unspecified atom stereocenters. The van der Waals surface area contributed by atoms with Crippen LogP contribution in [0.3, 0.4) is 0 Å². The van der Waals surface area contributed by atoms with Crippen LogP contribution in [-0.4, -0.2) is 14.1 Å². The van der Waals surface area contributed by atoms with Gasteiger partial charge in [0.25, 0.3) is 0 Å². The van der Waals surface area contributed by atoms with Crippen LogP contribution in [0.5, 0.6) is 0 Å². The fourth-order valence-corrected chi connectivity index (χ4v) is 11.2. The standard InChI is InChI=1S/C67H39N5/c1-69-49-27-34-65-57(40-49)56-37-48(26-33-64(56)72(65)51-18-9-4-10-19-51)46-22-28-52-59(39-46)67(61-30-24-43-13-11-12-20-60(43)70-61)53-29-23-45(38-58(53)66(52)44-14-5-2-6-15-44)47-25-32-63-55(36-47)54-35-42(41-68)21-31-62(54)71(63)50-16-7-3-8-17-50/h2-40H. The van der Waals surface area contributed by atoms with Gasteiger partial charge >= 0.3 is 0 Å². The third-order valence-electron chi connectivity index (χ3n) is 14.5. The number of fused-ring (bicyclic) bond motifs is 9. The highest BCUT2D eigenvalue weighted by molar-refractivity contribution is 6.23. The quantitative estimate of drug-likeness (QED) is 0.123. The van der Waals surface area contributed by atoms with Crippen molar-refractivity contribution in [2.24, 2.45) is 0 Å². The van der Waals surface area contributed by atoms with E-state index in [1.807, 2.05) is 36.4 Å². The lowest BCUT2D eigenvalue weighted by molar-refractivity contribution is 1.18. The van der Waals surface area contributed by atoms with Gasteiger partial charge in [-0.15, -0.1) is 0 Å². The Morgan fingerprint density at radius 2 is 0.847 bits per heavy atom. The minimum absolute atomic E-state index is 0.618. The van der Waals surface area contributed by atoms with Crippen molar-refractivity contribution in [1.29, 1.82) is 5.26 Å². The molecule has 0 N–H and O–H groups in total. The third kappa shape index (κ3) is 6.43. The van der Waals surface area contributed by atoms with Crippen molar-refractivity contribution in [3.05, 3.63) is 254 Å². The molecule has 0 atom stereocenters. The molecule has 0 saturated heterocycles. The van der Waals surface area contributed by atoms with Crippen molar-refractivity contribution in [1.82, 2.24) is 14.1 Å². The van der Waals surface area contributed by atoms with Crippen LogP contribution in [0.25, 0.3) is 137 Å². The first-order valence-corrected chi connectivity index (χ1v) is 24.1. The molecule has 0 aliphatic carbocycles. The topological polar surface area (TPSA) is 50.9 Å². The van der Waals surface area contributed by atoms with E-state index in [4.69, 9.17) is 11.6 Å². The normalized spacial score (nSPS) is 11.6. The lowest BCUT2D eigenvalue weighted by Crippen LogP contribution is -1.95. The highest BCUT2D eigenvalue weighted by atomic mass is 15.0. The van der Waals surface area contributed by atoms with Crippen molar-refractivity contribution in [3.63, 3.8) is 0 Å². The van der Waals surface area contributed by atoms with Gasteiger partial charge in [-0.1, -0.05) is 133 Å². The van der Waals surface area contributed by atoms with E-state index in [1.165, 1.54) is 0 Å². The summed E-state index contributed by atoms with van der Waals surface area (Å²) in [5, 5.41) is 19.9. The Morgan fingerprint density at radius 1 is 0.375 bits per heavy atom. The number of aromatic nitrogens is 3. The van der Waals surface area contributed by atoms with E-state index in [-0.39, 0.29) is 0 Å². The lowest BCUT2D eigenvalue weighted by Gasteiger charge is -2.19. The molecule has 0 fully saturated rings. The largest absolute Gasteiger partial charge is 0.309 e. The van der Waals surface area contributed by atoms with E-state index in [0.717, 1.165) is 132 Å². The number of nitriles is 1. The summed E-state index contributed by atoms with van der Waals surface area (Å²) in [5.41, 5.74) is 17.3. The molecule has 11 aromatic carbocycles. The first-order chi connectivity index (χ1) is 35.6. The summed E-state index contributed by atoms with van der Waals surface area (Å²) in [7, 11) is 0. The molecule has 14 rings (SSSR count). The van der Waals surface area contributed by atoms with Gasteiger partial charge in [-0.2, -0.15) is 5.26 Å². The molecule has 0 aliphatic rings. The summed E-state index contributed by atoms with van der Waals surface area (Å²) in [4.78, 5) is 9.23. The highest BCUT2D eigenvalue weighted by Crippen LogP contribution is 2.47. The maximum Gasteiger partial charge on any atom is 0.188 e. The summed E-state index contributed by atoms with van der Waals surface area (Å²) in [6, 6.07) is 86.0. The molecule has 332 valence electrons. The number of rotatable bonds is 6. The second-order valence-corrected chi connectivity index (χ2v) is 18.5. The van der Waals surface area contributed by atoms with Gasteiger partial charge in [-0.25, -0.2) is 9.83 Å². The summed E-state index contributed by atoms with van der Waals surface area (Å²) >= 11 is 0. The lowest BCUT2D eigenvalue weighted by atomic mass is 9.84. The molecule has 14 aromatic rings. The number of hydrogen-bond acceptors (Lipinski definition) is 2. The first kappa shape index (κ1) is 40.9. The van der Waals surface area contributed by atoms with Crippen LogP contribution in [0.2, 0.25) is 0 Å². The molecule has 3 aromatic heterocycles. The van der Waals surface area contributed by atoms with Gasteiger partial charge < -0.3 is 9.13 Å². The molecule has 3 heterocycles. The average Bonchev–Trinajstić information content (AvgIpc) is 3.95. The summed E-state index contributed by atoms with van der Waals surface area (Å²) < 4.78 is 4.59. The zero-order valence-corrected chi connectivity index (χ0v) is 38.8. The molecule has 0 radical (unpaired) electrons. The summed E-state index contributed by atoms with van der Waals surface area (Å²) in [6.45, 7) is 7.88. The summed E-state index contributed by atoms with van der Waals surface area (Å²) in [5.74, 6) is 0. The van der Waals surface area contributed by atoms with Crippen molar-refractivity contribution < 1.29 is 0 Å². The van der Waals surface area contributed by atoms with Gasteiger partial charge in [0.15, 0.2) is 5.69 Å². The van der Waals surface area contributed by atoms with E-state index in [9.17, 15) is 5.26 Å². The minimum Gasteiger partial charge on any atom is -0.309 e. The van der Waals surface area contributed by atoms with E-state index >= 15 is 0 Å². The van der Waals surface area contributed by atoms with Crippen molar-refractivity contribution in [3.8, 4) is 62.1 Å². The fraction of sp³-hybridized carbons (Fsp3) is 0. The zero-order valence-electron chi connectivity index (χ0n) is 38.8. The molecular weight excluding hydrogens is 875 g/mol. The average molecular weight is 914 g/mol. The monoisotopic (exact) mass is 913 g/mol. The van der Waals surface area contributed by atoms with E-state index in [1.54, 1.807) is 0 Å². The summed E-state index contributed by atoms with van der Waals surface area (Å²) in [6.07, 6.45) is 0. The number of nitrogens with zero attached hydrogens (tertiary/aromatic N) is 5. The molecule has 72 heavy (non-hydrogen) atoms. The highest BCUT2D eigenvalue weighted by Gasteiger charge is 2.22. The molecule has 0 amide bonds. The van der Waals surface area contributed by atoms with Crippen LogP contribution in [0.4, 0.5) is 5.69 Å². The Bertz CT molecular complexity index is 4630. The van der Waals surface area contributed by atoms with Gasteiger partial charge in [0, 0.05) is 38.5 Å². The maximum atomic E-state index is 10.0. The third-order valence-corrected chi connectivity index (χ3v) is 14.5. The van der Waals surface area contributed by atoms with Gasteiger partial charge in [0.1, 0.15) is 0 Å². The Hall–Kier alpha value is -10.1. The van der Waals surface area contributed by atoms with Gasteiger partial charge in [0.2, 0.25) is 0 Å². The van der Waals surface area contributed by atoms with Crippen molar-refractivity contribution in [2.75, 3.05) is 0 Å². The van der Waals surface area contributed by atoms with E-state index in [0.29, 0.717) is 11.3 Å². The number of benzene rings is 11. The second kappa shape index (κ2) is 16.3. The molecule has 5 heteroatoms.